The molecule has 1 amide bonds. The van der Waals surface area contributed by atoms with Crippen LogP contribution in [-0.2, 0) is 4.79 Å². The zero-order valence-corrected chi connectivity index (χ0v) is 13.9. The fourth-order valence-corrected chi connectivity index (χ4v) is 1.56. The van der Waals surface area contributed by atoms with E-state index in [0.717, 1.165) is 5.06 Å². The van der Waals surface area contributed by atoms with Crippen molar-refractivity contribution >= 4 is 5.91 Å². The van der Waals surface area contributed by atoms with E-state index in [1.165, 1.54) is 0 Å². The molecule has 2 atom stereocenters. The van der Waals surface area contributed by atoms with Gasteiger partial charge in [0.25, 0.3) is 5.91 Å². The number of rotatable bonds is 2. The molecule has 1 saturated heterocycles. The predicted molar refractivity (Wildman–Crippen MR) is 49.0 cm³/mol. The predicted octanol–water partition coefficient (Wildman–Crippen LogP) is 0.814. The van der Waals surface area contributed by atoms with Crippen molar-refractivity contribution in [1.82, 2.24) is 10.4 Å². The molecule has 1 rings (SSSR count). The summed E-state index contributed by atoms with van der Waals surface area (Å²) in [6, 6.07) is -0.239. The van der Waals surface area contributed by atoms with Crippen LogP contribution < -0.4 is 5.32 Å². The van der Waals surface area contributed by atoms with Gasteiger partial charge in [-0.3, -0.25) is 15.3 Å². The molecule has 0 spiro atoms. The van der Waals surface area contributed by atoms with Crippen LogP contribution in [0.4, 0.5) is 0 Å². The normalized spacial score (nSPS) is 27.4. The molecule has 4 nitrogen and oxygen atoms in total. The van der Waals surface area contributed by atoms with Crippen LogP contribution in [0, 0.1) is 55.9 Å². The summed E-state index contributed by atoms with van der Waals surface area (Å²) in [4.78, 5) is 11.5. The van der Waals surface area contributed by atoms with Gasteiger partial charge >= 0.3 is 0 Å². The Morgan fingerprint density at radius 1 is 1.29 bits per heavy atom. The molecule has 0 aromatic rings. The number of hydrogen-bond acceptors (Lipinski definition) is 3. The molecular formula is C9H18AcN2O2. The van der Waals surface area contributed by atoms with E-state index in [-0.39, 0.29) is 74.0 Å². The van der Waals surface area contributed by atoms with Gasteiger partial charge in [-0.1, -0.05) is 27.7 Å². The number of nitrogens with zero attached hydrogens (tertiary/aromatic N) is 1. The Labute approximate surface area is 121 Å². The molecule has 1 aliphatic rings. The van der Waals surface area contributed by atoms with Crippen LogP contribution >= 0.6 is 0 Å². The van der Waals surface area contributed by atoms with E-state index in [4.69, 9.17) is 0 Å². The van der Waals surface area contributed by atoms with E-state index in [1.807, 2.05) is 27.7 Å². The zero-order valence-electron chi connectivity index (χ0n) is 9.19. The molecule has 1 aliphatic heterocycles. The second-order valence-corrected chi connectivity index (χ2v) is 4.26. The summed E-state index contributed by atoms with van der Waals surface area (Å²) in [6.07, 6.45) is -0.236. The van der Waals surface area contributed by atoms with E-state index in [0.29, 0.717) is 0 Å². The van der Waals surface area contributed by atoms with Gasteiger partial charge in [0.1, 0.15) is 6.17 Å². The molecule has 0 aliphatic carbocycles. The van der Waals surface area contributed by atoms with Crippen molar-refractivity contribution in [3.63, 3.8) is 0 Å². The molecule has 0 bridgehead atoms. The van der Waals surface area contributed by atoms with Crippen molar-refractivity contribution in [3.8, 4) is 0 Å². The van der Waals surface area contributed by atoms with E-state index in [9.17, 15) is 10.0 Å². The van der Waals surface area contributed by atoms with Crippen LogP contribution in [0.2, 0.25) is 0 Å². The van der Waals surface area contributed by atoms with Crippen LogP contribution in [0.1, 0.15) is 27.7 Å². The second kappa shape index (κ2) is 5.79. The van der Waals surface area contributed by atoms with Gasteiger partial charge in [0.05, 0.1) is 6.04 Å². The molecule has 5 heteroatoms. The number of carbonyl (C=O) groups excluding carboxylic acids is 1. The minimum atomic E-state index is -0.239. The number of hydroxylamine groups is 2. The zero-order chi connectivity index (χ0) is 10.2. The summed E-state index contributed by atoms with van der Waals surface area (Å²) in [7, 11) is 0. The maximum absolute atomic E-state index is 11.5. The van der Waals surface area contributed by atoms with Crippen LogP contribution in [0.3, 0.4) is 0 Å². The molecule has 1 radical (unpaired) electrons. The first-order valence-corrected chi connectivity index (χ1v) is 4.73. The van der Waals surface area contributed by atoms with E-state index >= 15 is 0 Å². The van der Waals surface area contributed by atoms with Crippen LogP contribution in [0.15, 0.2) is 0 Å². The van der Waals surface area contributed by atoms with Crippen molar-refractivity contribution in [2.75, 3.05) is 0 Å². The fraction of sp³-hybridized carbons (Fsp3) is 0.889. The minimum absolute atomic E-state index is 0. The molecular weight excluding hydrogens is 395 g/mol. The van der Waals surface area contributed by atoms with Gasteiger partial charge in [-0.05, 0) is 11.8 Å². The third-order valence-corrected chi connectivity index (χ3v) is 2.40. The molecule has 0 aromatic carbocycles. The quantitative estimate of drug-likeness (QED) is 0.660. The summed E-state index contributed by atoms with van der Waals surface area (Å²) in [5.41, 5.74) is 0. The average molecular weight is 413 g/mol. The Kier molecular flexibility index (Phi) is 6.13. The first-order valence-electron chi connectivity index (χ1n) is 4.73. The van der Waals surface area contributed by atoms with E-state index in [2.05, 4.69) is 5.32 Å². The van der Waals surface area contributed by atoms with Crippen LogP contribution in [0.25, 0.3) is 0 Å². The average Bonchev–Trinajstić information content (AvgIpc) is 2.29. The number of nitrogens with one attached hydrogen (secondary N) is 1. The summed E-state index contributed by atoms with van der Waals surface area (Å²) < 4.78 is 0. The molecule has 2 unspecified atom stereocenters. The van der Waals surface area contributed by atoms with Crippen molar-refractivity contribution in [1.29, 1.82) is 0 Å². The van der Waals surface area contributed by atoms with Crippen LogP contribution in [-0.4, -0.2) is 28.4 Å². The summed E-state index contributed by atoms with van der Waals surface area (Å²) in [6.45, 7) is 7.87. The summed E-state index contributed by atoms with van der Waals surface area (Å²) in [5, 5.41) is 13.4. The van der Waals surface area contributed by atoms with Gasteiger partial charge in [-0.15, -0.1) is 0 Å². The maximum atomic E-state index is 11.5. The fourth-order valence-electron chi connectivity index (χ4n) is 1.56. The Morgan fingerprint density at radius 2 is 1.79 bits per heavy atom. The minimum Gasteiger partial charge on any atom is -0.284 e. The molecule has 1 heterocycles. The third-order valence-electron chi connectivity index (χ3n) is 2.40. The van der Waals surface area contributed by atoms with Crippen molar-refractivity contribution in [2.45, 2.75) is 39.9 Å². The molecule has 14 heavy (non-hydrogen) atoms. The Morgan fingerprint density at radius 3 is 2.00 bits per heavy atom. The van der Waals surface area contributed by atoms with E-state index < -0.39 is 0 Å². The largest absolute Gasteiger partial charge is 0.284 e. The Bertz CT molecular complexity index is 209. The molecule has 1 fully saturated rings. The molecule has 79 valence electrons. The monoisotopic (exact) mass is 413 g/mol. The maximum Gasteiger partial charge on any atom is 0.264 e. The Hall–Kier alpha value is 0.832. The van der Waals surface area contributed by atoms with Crippen LogP contribution in [0.5, 0.6) is 0 Å². The standard InChI is InChI=1S/C9H18N2O2.Ac/c1-5(2)7-9(12)11(13)8(10-7)6(3)4;/h5-8,10,13H,1-4H3;. The molecule has 0 aromatic heterocycles. The van der Waals surface area contributed by atoms with Gasteiger partial charge < -0.3 is 0 Å². The topological polar surface area (TPSA) is 52.6 Å². The molecule has 2 N–H and O–H groups in total. The van der Waals surface area contributed by atoms with Crippen molar-refractivity contribution < 1.29 is 54.1 Å². The molecule has 0 saturated carbocycles. The summed E-state index contributed by atoms with van der Waals surface area (Å²) >= 11 is 0. The van der Waals surface area contributed by atoms with Gasteiger partial charge in [0.15, 0.2) is 0 Å². The number of amides is 1. The van der Waals surface area contributed by atoms with Crippen molar-refractivity contribution in [3.05, 3.63) is 0 Å². The van der Waals surface area contributed by atoms with Gasteiger partial charge in [0, 0.05) is 44.1 Å². The second-order valence-electron chi connectivity index (χ2n) is 4.26. The SMILES string of the molecule is CC(C)C1NC(C(C)C)N(O)C1=O.[Ac]. The van der Waals surface area contributed by atoms with E-state index in [1.54, 1.807) is 0 Å². The first kappa shape index (κ1) is 14.8. The number of hydrogen-bond donors (Lipinski definition) is 2. The summed E-state index contributed by atoms with van der Waals surface area (Å²) in [5.74, 6) is 0.220. The van der Waals surface area contributed by atoms with Gasteiger partial charge in [-0.25, -0.2) is 5.06 Å². The smallest absolute Gasteiger partial charge is 0.264 e. The van der Waals surface area contributed by atoms with Gasteiger partial charge in [-0.2, -0.15) is 0 Å². The van der Waals surface area contributed by atoms with Crippen molar-refractivity contribution in [2.24, 2.45) is 11.8 Å². The Balaban J connectivity index is 0.00000169. The number of carbonyl (C=O) groups is 1. The van der Waals surface area contributed by atoms with Gasteiger partial charge in [0.2, 0.25) is 0 Å². The third kappa shape index (κ3) is 2.91. The first-order chi connectivity index (χ1) is 5.95.